The molecule has 0 aliphatic rings. The Morgan fingerprint density at radius 2 is 1.91 bits per heavy atom. The molecule has 1 heterocycles. The number of carbonyl (C=O) groups excluding carboxylic acids is 1. The maximum Gasteiger partial charge on any atom is 0.221 e. The fraction of sp³-hybridized carbons (Fsp3) is 0.312. The average molecular weight is 321 g/mol. The lowest BCUT2D eigenvalue weighted by Crippen LogP contribution is -2.25. The fourth-order valence-electron chi connectivity index (χ4n) is 1.95. The number of furan rings is 1. The molecule has 0 atom stereocenters. The highest BCUT2D eigenvalue weighted by Gasteiger charge is 2.14. The maximum atomic E-state index is 12.0. The Kier molecular flexibility index (Phi) is 5.38. The van der Waals surface area contributed by atoms with E-state index in [1.807, 2.05) is 19.1 Å². The second-order valence-corrected chi connectivity index (χ2v) is 7.37. The lowest BCUT2D eigenvalue weighted by atomic mass is 10.2. The standard InChI is InChI=1S/C16H19NO4S/c1-13-4-6-14(7-5-13)12-22(19,20)10-8-16(18)17-11-15-3-2-9-21-15/h2-7,9H,8,10-12H2,1H3,(H,17,18). The van der Waals surface area contributed by atoms with Gasteiger partial charge in [-0.05, 0) is 24.6 Å². The van der Waals surface area contributed by atoms with Crippen molar-refractivity contribution in [3.63, 3.8) is 0 Å². The lowest BCUT2D eigenvalue weighted by molar-refractivity contribution is -0.120. The van der Waals surface area contributed by atoms with Crippen LogP contribution in [0.4, 0.5) is 0 Å². The van der Waals surface area contributed by atoms with Crippen molar-refractivity contribution in [2.24, 2.45) is 0 Å². The molecule has 1 N–H and O–H groups in total. The Labute approximate surface area is 130 Å². The van der Waals surface area contributed by atoms with Crippen molar-refractivity contribution in [3.05, 3.63) is 59.5 Å². The van der Waals surface area contributed by atoms with Gasteiger partial charge in [-0.25, -0.2) is 8.42 Å². The smallest absolute Gasteiger partial charge is 0.221 e. The molecule has 6 heteroatoms. The zero-order valence-corrected chi connectivity index (χ0v) is 13.2. The van der Waals surface area contributed by atoms with E-state index < -0.39 is 9.84 Å². The van der Waals surface area contributed by atoms with E-state index >= 15 is 0 Å². The highest BCUT2D eigenvalue weighted by molar-refractivity contribution is 7.90. The van der Waals surface area contributed by atoms with Crippen molar-refractivity contribution < 1.29 is 17.6 Å². The minimum absolute atomic E-state index is 0.0429. The summed E-state index contributed by atoms with van der Waals surface area (Å²) in [5.41, 5.74) is 1.82. The van der Waals surface area contributed by atoms with Gasteiger partial charge < -0.3 is 9.73 Å². The first-order chi connectivity index (χ1) is 10.4. The number of rotatable bonds is 7. The molecular weight excluding hydrogens is 302 g/mol. The molecule has 0 saturated heterocycles. The van der Waals surface area contributed by atoms with E-state index in [0.717, 1.165) is 11.1 Å². The third-order valence-electron chi connectivity index (χ3n) is 3.19. The fourth-order valence-corrected chi connectivity index (χ4v) is 3.29. The van der Waals surface area contributed by atoms with E-state index in [2.05, 4.69) is 5.32 Å². The molecule has 1 aromatic carbocycles. The summed E-state index contributed by atoms with van der Waals surface area (Å²) in [4.78, 5) is 11.7. The SMILES string of the molecule is Cc1ccc(CS(=O)(=O)CCC(=O)NCc2ccco2)cc1. The van der Waals surface area contributed by atoms with E-state index in [1.54, 1.807) is 24.3 Å². The van der Waals surface area contributed by atoms with Crippen LogP contribution in [0.2, 0.25) is 0 Å². The van der Waals surface area contributed by atoms with Gasteiger partial charge in [-0.3, -0.25) is 4.79 Å². The summed E-state index contributed by atoms with van der Waals surface area (Å²) in [5.74, 6) is 0.128. The van der Waals surface area contributed by atoms with Gasteiger partial charge in [-0.2, -0.15) is 0 Å². The number of sulfone groups is 1. The molecule has 0 unspecified atom stereocenters. The molecular formula is C16H19NO4S. The first kappa shape index (κ1) is 16.3. The van der Waals surface area contributed by atoms with Gasteiger partial charge in [0.25, 0.3) is 0 Å². The second kappa shape index (κ2) is 7.26. The van der Waals surface area contributed by atoms with Crippen LogP contribution in [0.3, 0.4) is 0 Å². The van der Waals surface area contributed by atoms with Crippen LogP contribution in [0.1, 0.15) is 23.3 Å². The van der Waals surface area contributed by atoms with Crippen molar-refractivity contribution >= 4 is 15.7 Å². The van der Waals surface area contributed by atoms with Gasteiger partial charge >= 0.3 is 0 Å². The van der Waals surface area contributed by atoms with Crippen molar-refractivity contribution in [1.29, 1.82) is 0 Å². The molecule has 2 rings (SSSR count). The predicted octanol–water partition coefficient (Wildman–Crippen LogP) is 2.21. The van der Waals surface area contributed by atoms with Gasteiger partial charge in [0.1, 0.15) is 5.76 Å². The Balaban J connectivity index is 1.79. The summed E-state index contributed by atoms with van der Waals surface area (Å²) in [7, 11) is -3.30. The second-order valence-electron chi connectivity index (χ2n) is 5.18. The largest absolute Gasteiger partial charge is 0.467 e. The molecule has 1 aromatic heterocycles. The van der Waals surface area contributed by atoms with Crippen LogP contribution in [-0.2, 0) is 26.9 Å². The molecule has 0 saturated carbocycles. The summed E-state index contributed by atoms with van der Waals surface area (Å²) < 4.78 is 29.1. The molecule has 0 fully saturated rings. The molecule has 118 valence electrons. The van der Waals surface area contributed by atoms with Crippen LogP contribution in [0.5, 0.6) is 0 Å². The van der Waals surface area contributed by atoms with Gasteiger partial charge in [0, 0.05) is 6.42 Å². The van der Waals surface area contributed by atoms with Crippen LogP contribution >= 0.6 is 0 Å². The maximum absolute atomic E-state index is 12.0. The van der Waals surface area contributed by atoms with Gasteiger partial charge in [-0.15, -0.1) is 0 Å². The molecule has 5 nitrogen and oxygen atoms in total. The van der Waals surface area contributed by atoms with Crippen molar-refractivity contribution in [2.45, 2.75) is 25.6 Å². The first-order valence-electron chi connectivity index (χ1n) is 7.00. The first-order valence-corrected chi connectivity index (χ1v) is 8.82. The number of benzene rings is 1. The minimum Gasteiger partial charge on any atom is -0.467 e. The topological polar surface area (TPSA) is 76.4 Å². The number of amides is 1. The van der Waals surface area contributed by atoms with Gasteiger partial charge in [0.2, 0.25) is 5.91 Å². The normalized spacial score (nSPS) is 11.3. The van der Waals surface area contributed by atoms with Crippen LogP contribution in [0.15, 0.2) is 47.1 Å². The van der Waals surface area contributed by atoms with E-state index in [9.17, 15) is 13.2 Å². The molecule has 0 spiro atoms. The Hall–Kier alpha value is -2.08. The summed E-state index contributed by atoms with van der Waals surface area (Å²) in [6.45, 7) is 2.21. The number of hydrogen-bond acceptors (Lipinski definition) is 4. The number of hydrogen-bond donors (Lipinski definition) is 1. The predicted molar refractivity (Wildman–Crippen MR) is 83.8 cm³/mol. The lowest BCUT2D eigenvalue weighted by Gasteiger charge is -2.06. The van der Waals surface area contributed by atoms with E-state index in [1.165, 1.54) is 6.26 Å². The summed E-state index contributed by atoms with van der Waals surface area (Å²) in [6.07, 6.45) is 1.47. The van der Waals surface area contributed by atoms with E-state index in [4.69, 9.17) is 4.42 Å². The summed E-state index contributed by atoms with van der Waals surface area (Å²) >= 11 is 0. The molecule has 1 amide bonds. The van der Waals surface area contributed by atoms with Crippen LogP contribution in [0, 0.1) is 6.92 Å². The zero-order chi connectivity index (χ0) is 16.0. The van der Waals surface area contributed by atoms with Crippen LogP contribution < -0.4 is 5.32 Å². The summed E-state index contributed by atoms with van der Waals surface area (Å²) in [6, 6.07) is 10.8. The molecule has 0 aliphatic heterocycles. The van der Waals surface area contributed by atoms with Gasteiger partial charge in [0.15, 0.2) is 9.84 Å². The van der Waals surface area contributed by atoms with Gasteiger partial charge in [0.05, 0.1) is 24.3 Å². The number of carbonyl (C=O) groups is 1. The van der Waals surface area contributed by atoms with Crippen molar-refractivity contribution in [1.82, 2.24) is 5.32 Å². The highest BCUT2D eigenvalue weighted by Crippen LogP contribution is 2.09. The highest BCUT2D eigenvalue weighted by atomic mass is 32.2. The number of aryl methyl sites for hydroxylation is 1. The molecule has 2 aromatic rings. The molecule has 0 aliphatic carbocycles. The van der Waals surface area contributed by atoms with Crippen molar-refractivity contribution in [2.75, 3.05) is 5.75 Å². The quantitative estimate of drug-likeness (QED) is 0.848. The van der Waals surface area contributed by atoms with Crippen LogP contribution in [-0.4, -0.2) is 20.1 Å². The molecule has 22 heavy (non-hydrogen) atoms. The van der Waals surface area contributed by atoms with Gasteiger partial charge in [-0.1, -0.05) is 29.8 Å². The Morgan fingerprint density at radius 3 is 2.55 bits per heavy atom. The average Bonchev–Trinajstić information content (AvgIpc) is 2.99. The molecule has 0 radical (unpaired) electrons. The summed E-state index contributed by atoms with van der Waals surface area (Å²) in [5, 5.41) is 2.63. The monoisotopic (exact) mass is 321 g/mol. The van der Waals surface area contributed by atoms with E-state index in [-0.39, 0.29) is 30.4 Å². The minimum atomic E-state index is -3.30. The third kappa shape index (κ3) is 5.37. The number of nitrogens with one attached hydrogen (secondary N) is 1. The Morgan fingerprint density at radius 1 is 1.18 bits per heavy atom. The molecule has 0 bridgehead atoms. The Bertz CT molecular complexity index is 703. The van der Waals surface area contributed by atoms with E-state index in [0.29, 0.717) is 5.76 Å². The van der Waals surface area contributed by atoms with Crippen LogP contribution in [0.25, 0.3) is 0 Å². The third-order valence-corrected chi connectivity index (χ3v) is 4.79. The zero-order valence-electron chi connectivity index (χ0n) is 12.4. The van der Waals surface area contributed by atoms with Crippen molar-refractivity contribution in [3.8, 4) is 0 Å².